The predicted octanol–water partition coefficient (Wildman–Crippen LogP) is 6.53. The third-order valence-corrected chi connectivity index (χ3v) is 3.73. The summed E-state index contributed by atoms with van der Waals surface area (Å²) in [6, 6.07) is 0. The van der Waals surface area contributed by atoms with E-state index in [-0.39, 0.29) is 0 Å². The molecule has 0 aromatic carbocycles. The van der Waals surface area contributed by atoms with Crippen LogP contribution in [-0.4, -0.2) is 0 Å². The molecule has 0 bridgehead atoms. The van der Waals surface area contributed by atoms with E-state index in [4.69, 9.17) is 0 Å². The third-order valence-electron chi connectivity index (χ3n) is 3.73. The van der Waals surface area contributed by atoms with E-state index in [0.717, 1.165) is 12.3 Å². The standard InChI is InChI=1S/C18H34/c1-4-7-9-10-11-12-13-14-17-18(15-6-3)16-8-5-2/h4,7,18H,1,3,5-6,8-17H2,2H3. The molecule has 0 saturated heterocycles. The summed E-state index contributed by atoms with van der Waals surface area (Å²) >= 11 is 0. The maximum absolute atomic E-state index is 4.01. The van der Waals surface area contributed by atoms with Crippen molar-refractivity contribution in [2.24, 2.45) is 5.92 Å². The fourth-order valence-electron chi connectivity index (χ4n) is 2.56. The number of rotatable bonds is 13. The van der Waals surface area contributed by atoms with Crippen LogP contribution in [0.1, 0.15) is 84.0 Å². The van der Waals surface area contributed by atoms with E-state index < -0.39 is 0 Å². The van der Waals surface area contributed by atoms with Crippen LogP contribution in [0.2, 0.25) is 0 Å². The fourth-order valence-corrected chi connectivity index (χ4v) is 2.56. The van der Waals surface area contributed by atoms with Crippen molar-refractivity contribution in [1.29, 1.82) is 0 Å². The minimum absolute atomic E-state index is 0.955. The van der Waals surface area contributed by atoms with Gasteiger partial charge in [0.25, 0.3) is 0 Å². The molecule has 0 aliphatic heterocycles. The summed E-state index contributed by atoms with van der Waals surface area (Å²) in [7, 11) is 0. The molecule has 0 aliphatic carbocycles. The summed E-state index contributed by atoms with van der Waals surface area (Å²) < 4.78 is 0. The lowest BCUT2D eigenvalue weighted by molar-refractivity contribution is 0.389. The monoisotopic (exact) mass is 250 g/mol. The lowest BCUT2D eigenvalue weighted by Gasteiger charge is -2.15. The molecule has 0 rings (SSSR count). The summed E-state index contributed by atoms with van der Waals surface area (Å²) in [6.45, 7) is 10.0. The van der Waals surface area contributed by atoms with Gasteiger partial charge in [0, 0.05) is 0 Å². The van der Waals surface area contributed by atoms with Gasteiger partial charge in [0.05, 0.1) is 0 Å². The zero-order chi connectivity index (χ0) is 13.5. The summed E-state index contributed by atoms with van der Waals surface area (Å²) in [5, 5.41) is 0. The van der Waals surface area contributed by atoms with E-state index >= 15 is 0 Å². The van der Waals surface area contributed by atoms with E-state index in [0.29, 0.717) is 0 Å². The molecule has 0 heteroatoms. The summed E-state index contributed by atoms with van der Waals surface area (Å²) in [4.78, 5) is 0. The Balaban J connectivity index is 3.36. The van der Waals surface area contributed by atoms with E-state index in [1.165, 1.54) is 70.6 Å². The predicted molar refractivity (Wildman–Crippen MR) is 84.4 cm³/mol. The molecule has 2 radical (unpaired) electrons. The molecule has 0 aliphatic rings. The molecule has 0 amide bonds. The van der Waals surface area contributed by atoms with Crippen molar-refractivity contribution < 1.29 is 0 Å². The lowest BCUT2D eigenvalue weighted by atomic mass is 9.91. The van der Waals surface area contributed by atoms with Crippen molar-refractivity contribution in [3.05, 3.63) is 26.0 Å². The van der Waals surface area contributed by atoms with Gasteiger partial charge in [-0.2, -0.15) is 0 Å². The Morgan fingerprint density at radius 3 is 2.22 bits per heavy atom. The van der Waals surface area contributed by atoms with Crippen LogP contribution < -0.4 is 0 Å². The van der Waals surface area contributed by atoms with E-state index in [2.05, 4.69) is 26.8 Å². The van der Waals surface area contributed by atoms with Gasteiger partial charge in [-0.3, -0.25) is 0 Å². The highest BCUT2D eigenvalue weighted by Crippen LogP contribution is 2.22. The Kier molecular flexibility index (Phi) is 14.6. The zero-order valence-electron chi connectivity index (χ0n) is 12.6. The maximum Gasteiger partial charge on any atom is -0.0316 e. The summed E-state index contributed by atoms with van der Waals surface area (Å²) in [6.07, 6.45) is 20.4. The van der Waals surface area contributed by atoms with Gasteiger partial charge < -0.3 is 0 Å². The SMILES string of the molecule is [CH2]C=CCCCCCCCC(CC[CH2])CCCC. The first kappa shape index (κ1) is 17.7. The van der Waals surface area contributed by atoms with E-state index in [1.807, 2.05) is 6.08 Å². The largest absolute Gasteiger partial charge is 0.0885 e. The van der Waals surface area contributed by atoms with Crippen molar-refractivity contribution in [2.45, 2.75) is 84.0 Å². The Hall–Kier alpha value is -0.260. The van der Waals surface area contributed by atoms with Gasteiger partial charge in [0.1, 0.15) is 0 Å². The molecule has 0 fully saturated rings. The van der Waals surface area contributed by atoms with Crippen molar-refractivity contribution in [1.82, 2.24) is 0 Å². The molecule has 0 heterocycles. The molecule has 0 N–H and O–H groups in total. The third kappa shape index (κ3) is 12.2. The van der Waals surface area contributed by atoms with Gasteiger partial charge in [-0.15, -0.1) is 0 Å². The zero-order valence-corrected chi connectivity index (χ0v) is 12.6. The number of hydrogen-bond donors (Lipinski definition) is 0. The van der Waals surface area contributed by atoms with Gasteiger partial charge in [-0.1, -0.05) is 90.2 Å². The van der Waals surface area contributed by atoms with Crippen molar-refractivity contribution in [2.75, 3.05) is 0 Å². The van der Waals surface area contributed by atoms with E-state index in [1.54, 1.807) is 0 Å². The smallest absolute Gasteiger partial charge is 0.0316 e. The minimum Gasteiger partial charge on any atom is -0.0885 e. The summed E-state index contributed by atoms with van der Waals surface area (Å²) in [5.74, 6) is 0.955. The minimum atomic E-state index is 0.955. The van der Waals surface area contributed by atoms with Gasteiger partial charge in [-0.25, -0.2) is 0 Å². The molecule has 0 nitrogen and oxygen atoms in total. The molecule has 1 atom stereocenters. The van der Waals surface area contributed by atoms with E-state index in [9.17, 15) is 0 Å². The van der Waals surface area contributed by atoms with Crippen LogP contribution in [0.3, 0.4) is 0 Å². The molecule has 0 saturated carbocycles. The molecule has 0 aromatic rings. The Morgan fingerprint density at radius 2 is 1.56 bits per heavy atom. The van der Waals surface area contributed by atoms with Crippen LogP contribution in [0.5, 0.6) is 0 Å². The van der Waals surface area contributed by atoms with Gasteiger partial charge in [0.15, 0.2) is 0 Å². The Bertz CT molecular complexity index is 169. The van der Waals surface area contributed by atoms with Crippen LogP contribution in [0.15, 0.2) is 12.2 Å². The number of allylic oxidation sites excluding steroid dienone is 2. The van der Waals surface area contributed by atoms with Crippen molar-refractivity contribution in [3.8, 4) is 0 Å². The lowest BCUT2D eigenvalue weighted by Crippen LogP contribution is -2.00. The molecule has 1 unspecified atom stereocenters. The first-order valence-corrected chi connectivity index (χ1v) is 8.08. The van der Waals surface area contributed by atoms with Crippen LogP contribution in [0.25, 0.3) is 0 Å². The topological polar surface area (TPSA) is 0 Å². The Labute approximate surface area is 116 Å². The molecule has 18 heavy (non-hydrogen) atoms. The highest BCUT2D eigenvalue weighted by Gasteiger charge is 2.06. The van der Waals surface area contributed by atoms with Gasteiger partial charge in [0.2, 0.25) is 0 Å². The number of unbranched alkanes of at least 4 members (excludes halogenated alkanes) is 6. The highest BCUT2D eigenvalue weighted by atomic mass is 14.1. The molecule has 0 spiro atoms. The first-order chi connectivity index (χ1) is 8.85. The fraction of sp³-hybridized carbons (Fsp3) is 0.778. The van der Waals surface area contributed by atoms with Crippen LogP contribution in [-0.2, 0) is 0 Å². The van der Waals surface area contributed by atoms with Crippen LogP contribution in [0.4, 0.5) is 0 Å². The molecule has 0 aromatic heterocycles. The molecular formula is C18H34. The second-order valence-corrected chi connectivity index (χ2v) is 5.47. The summed E-state index contributed by atoms with van der Waals surface area (Å²) in [5.41, 5.74) is 0. The maximum atomic E-state index is 4.01. The van der Waals surface area contributed by atoms with Crippen LogP contribution >= 0.6 is 0 Å². The van der Waals surface area contributed by atoms with Crippen molar-refractivity contribution >= 4 is 0 Å². The van der Waals surface area contributed by atoms with Crippen molar-refractivity contribution in [3.63, 3.8) is 0 Å². The van der Waals surface area contributed by atoms with Gasteiger partial charge >= 0.3 is 0 Å². The van der Waals surface area contributed by atoms with Crippen LogP contribution in [0, 0.1) is 19.8 Å². The second-order valence-electron chi connectivity index (χ2n) is 5.47. The average molecular weight is 250 g/mol. The highest BCUT2D eigenvalue weighted by molar-refractivity contribution is 4.83. The first-order valence-electron chi connectivity index (χ1n) is 8.08. The average Bonchev–Trinajstić information content (AvgIpc) is 2.39. The number of hydrogen-bond acceptors (Lipinski definition) is 0. The molecule has 106 valence electrons. The molecular weight excluding hydrogens is 216 g/mol. The Morgan fingerprint density at radius 1 is 0.889 bits per heavy atom. The second kappa shape index (κ2) is 14.8. The quantitative estimate of drug-likeness (QED) is 0.326. The normalized spacial score (nSPS) is 13.3. The van der Waals surface area contributed by atoms with Gasteiger partial charge in [-0.05, 0) is 25.7 Å².